The molecule has 5 nitrogen and oxygen atoms in total. The minimum Gasteiger partial charge on any atom is -0.352 e. The Balaban J connectivity index is 1.87. The topological polar surface area (TPSA) is 56.7 Å². The largest absolute Gasteiger partial charge is 0.352 e. The summed E-state index contributed by atoms with van der Waals surface area (Å²) in [7, 11) is 1.70. The second kappa shape index (κ2) is 10.3. The van der Waals surface area contributed by atoms with Crippen LogP contribution in [0.3, 0.4) is 0 Å². The highest BCUT2D eigenvalue weighted by molar-refractivity contribution is 5.94. The average Bonchev–Trinajstić information content (AvgIpc) is 2.70. The van der Waals surface area contributed by atoms with E-state index in [0.717, 1.165) is 11.1 Å². The number of nitrogens with zero attached hydrogens (tertiary/aromatic N) is 2. The lowest BCUT2D eigenvalue weighted by Gasteiger charge is -2.18. The summed E-state index contributed by atoms with van der Waals surface area (Å²) in [6.07, 6.45) is 0. The maximum Gasteiger partial charge on any atom is 0.253 e. The number of nitrogens with one attached hydrogen (secondary N) is 2. The number of carbonyl (C=O) groups excluding carboxylic acids is 1. The van der Waals surface area contributed by atoms with Gasteiger partial charge in [0.2, 0.25) is 0 Å². The van der Waals surface area contributed by atoms with Crippen molar-refractivity contribution in [3.8, 4) is 0 Å². The van der Waals surface area contributed by atoms with Crippen LogP contribution in [0.2, 0.25) is 0 Å². The zero-order valence-electron chi connectivity index (χ0n) is 16.1. The van der Waals surface area contributed by atoms with Crippen molar-refractivity contribution in [3.05, 3.63) is 71.0 Å². The summed E-state index contributed by atoms with van der Waals surface area (Å²) < 4.78 is 12.9. The van der Waals surface area contributed by atoms with Gasteiger partial charge in [0.05, 0.1) is 0 Å². The molecule has 144 valence electrons. The van der Waals surface area contributed by atoms with Gasteiger partial charge in [0.15, 0.2) is 5.96 Å². The van der Waals surface area contributed by atoms with Crippen LogP contribution in [-0.2, 0) is 13.1 Å². The van der Waals surface area contributed by atoms with Gasteiger partial charge in [-0.1, -0.05) is 24.3 Å². The van der Waals surface area contributed by atoms with Gasteiger partial charge >= 0.3 is 0 Å². The highest BCUT2D eigenvalue weighted by Crippen LogP contribution is 2.08. The van der Waals surface area contributed by atoms with Crippen molar-refractivity contribution in [1.29, 1.82) is 0 Å². The summed E-state index contributed by atoms with van der Waals surface area (Å²) in [5.41, 5.74) is 2.72. The number of hydrogen-bond donors (Lipinski definition) is 2. The van der Waals surface area contributed by atoms with Crippen LogP contribution < -0.4 is 10.6 Å². The number of carbonyl (C=O) groups is 1. The van der Waals surface area contributed by atoms with E-state index in [1.807, 2.05) is 38.1 Å². The van der Waals surface area contributed by atoms with Crippen molar-refractivity contribution in [2.45, 2.75) is 26.9 Å². The Morgan fingerprint density at radius 2 is 1.41 bits per heavy atom. The first kappa shape index (κ1) is 20.4. The standard InChI is InChI=1S/C21H27FN4O/c1-4-26(5-2)20(27)18-10-6-16(7-11-18)14-24-21(23-3)25-15-17-8-12-19(22)13-9-17/h6-13H,4-5,14-15H2,1-3H3,(H2,23,24,25). The van der Waals surface area contributed by atoms with Crippen molar-refractivity contribution >= 4 is 11.9 Å². The first-order chi connectivity index (χ1) is 13.1. The Morgan fingerprint density at radius 1 is 0.926 bits per heavy atom. The fourth-order valence-electron chi connectivity index (χ4n) is 2.65. The molecular formula is C21H27FN4O. The highest BCUT2D eigenvalue weighted by atomic mass is 19.1. The highest BCUT2D eigenvalue weighted by Gasteiger charge is 2.11. The number of halogens is 1. The van der Waals surface area contributed by atoms with Crippen LogP contribution >= 0.6 is 0 Å². The minimum absolute atomic E-state index is 0.0521. The molecule has 2 N–H and O–H groups in total. The molecule has 27 heavy (non-hydrogen) atoms. The van der Waals surface area contributed by atoms with Crippen LogP contribution in [0, 0.1) is 5.82 Å². The molecule has 2 aromatic carbocycles. The number of benzene rings is 2. The zero-order chi connectivity index (χ0) is 19.6. The number of aliphatic imine (C=N–C) groups is 1. The molecule has 1 amide bonds. The summed E-state index contributed by atoms with van der Waals surface area (Å²) in [5.74, 6) is 0.461. The van der Waals surface area contributed by atoms with Crippen molar-refractivity contribution < 1.29 is 9.18 Å². The van der Waals surface area contributed by atoms with Crippen molar-refractivity contribution in [3.63, 3.8) is 0 Å². The van der Waals surface area contributed by atoms with Crippen LogP contribution in [0.4, 0.5) is 4.39 Å². The lowest BCUT2D eigenvalue weighted by atomic mass is 10.1. The third kappa shape index (κ3) is 6.09. The number of amides is 1. The molecule has 0 aliphatic heterocycles. The summed E-state index contributed by atoms with van der Waals surface area (Å²) >= 11 is 0. The number of hydrogen-bond acceptors (Lipinski definition) is 2. The third-order valence-corrected chi connectivity index (χ3v) is 4.31. The SMILES string of the molecule is CCN(CC)C(=O)c1ccc(CNC(=NC)NCc2ccc(F)cc2)cc1. The summed E-state index contributed by atoms with van der Waals surface area (Å²) in [4.78, 5) is 18.3. The molecule has 0 bridgehead atoms. The Kier molecular flexibility index (Phi) is 7.79. The normalized spacial score (nSPS) is 11.2. The molecule has 0 saturated carbocycles. The molecule has 0 aliphatic carbocycles. The fraction of sp³-hybridized carbons (Fsp3) is 0.333. The number of rotatable bonds is 7. The van der Waals surface area contributed by atoms with Gasteiger partial charge in [-0.2, -0.15) is 0 Å². The van der Waals surface area contributed by atoms with E-state index < -0.39 is 0 Å². The van der Waals surface area contributed by atoms with Crippen LogP contribution in [0.25, 0.3) is 0 Å². The first-order valence-corrected chi connectivity index (χ1v) is 9.14. The van der Waals surface area contributed by atoms with Crippen LogP contribution in [0.1, 0.15) is 35.3 Å². The van der Waals surface area contributed by atoms with E-state index in [1.54, 1.807) is 24.1 Å². The number of guanidine groups is 1. The van der Waals surface area contributed by atoms with E-state index in [4.69, 9.17) is 0 Å². The lowest BCUT2D eigenvalue weighted by molar-refractivity contribution is 0.0773. The molecule has 0 unspecified atom stereocenters. The molecule has 0 aliphatic rings. The molecule has 2 aromatic rings. The van der Waals surface area contributed by atoms with E-state index in [9.17, 15) is 9.18 Å². The molecule has 0 atom stereocenters. The predicted octanol–water partition coefficient (Wildman–Crippen LogP) is 3.17. The Labute approximate surface area is 160 Å². The molecule has 0 saturated heterocycles. The van der Waals surface area contributed by atoms with Gasteiger partial charge in [-0.3, -0.25) is 9.79 Å². The molecule has 0 radical (unpaired) electrons. The third-order valence-electron chi connectivity index (χ3n) is 4.31. The average molecular weight is 370 g/mol. The summed E-state index contributed by atoms with van der Waals surface area (Å²) in [6.45, 7) is 6.50. The van der Waals surface area contributed by atoms with E-state index in [1.165, 1.54) is 12.1 Å². The van der Waals surface area contributed by atoms with Gasteiger partial charge in [-0.15, -0.1) is 0 Å². The second-order valence-electron chi connectivity index (χ2n) is 6.08. The molecule has 0 heterocycles. The van der Waals surface area contributed by atoms with Crippen LogP contribution in [0.15, 0.2) is 53.5 Å². The van der Waals surface area contributed by atoms with Gasteiger partial charge in [0.1, 0.15) is 5.82 Å². The van der Waals surface area contributed by atoms with Gasteiger partial charge < -0.3 is 15.5 Å². The maximum absolute atomic E-state index is 12.9. The van der Waals surface area contributed by atoms with Gasteiger partial charge in [-0.05, 0) is 49.2 Å². The van der Waals surface area contributed by atoms with Gasteiger partial charge in [0.25, 0.3) is 5.91 Å². The molecule has 6 heteroatoms. The quantitative estimate of drug-likeness (QED) is 0.581. The first-order valence-electron chi connectivity index (χ1n) is 9.14. The smallest absolute Gasteiger partial charge is 0.253 e. The van der Waals surface area contributed by atoms with E-state index >= 15 is 0 Å². The van der Waals surface area contributed by atoms with E-state index in [-0.39, 0.29) is 11.7 Å². The zero-order valence-corrected chi connectivity index (χ0v) is 16.1. The van der Waals surface area contributed by atoms with Crippen molar-refractivity contribution in [2.24, 2.45) is 4.99 Å². The molecule has 0 spiro atoms. The van der Waals surface area contributed by atoms with E-state index in [2.05, 4.69) is 15.6 Å². The molecule has 0 fully saturated rings. The molecule has 2 rings (SSSR count). The fourth-order valence-corrected chi connectivity index (χ4v) is 2.65. The Hall–Kier alpha value is -2.89. The minimum atomic E-state index is -0.246. The van der Waals surface area contributed by atoms with Crippen LogP contribution in [-0.4, -0.2) is 36.9 Å². The van der Waals surface area contributed by atoms with Crippen molar-refractivity contribution in [2.75, 3.05) is 20.1 Å². The van der Waals surface area contributed by atoms with Crippen LogP contribution in [0.5, 0.6) is 0 Å². The van der Waals surface area contributed by atoms with Gasteiger partial charge in [-0.25, -0.2) is 4.39 Å². The molecule has 0 aromatic heterocycles. The van der Waals surface area contributed by atoms with E-state index in [0.29, 0.717) is 37.7 Å². The molecular weight excluding hydrogens is 343 g/mol. The maximum atomic E-state index is 12.9. The Bertz CT molecular complexity index is 753. The lowest BCUT2D eigenvalue weighted by Crippen LogP contribution is -2.36. The second-order valence-corrected chi connectivity index (χ2v) is 6.08. The van der Waals surface area contributed by atoms with Gasteiger partial charge in [0, 0.05) is 38.8 Å². The predicted molar refractivity (Wildman–Crippen MR) is 107 cm³/mol. The Morgan fingerprint density at radius 3 is 1.85 bits per heavy atom. The van der Waals surface area contributed by atoms with Crippen molar-refractivity contribution in [1.82, 2.24) is 15.5 Å². The summed E-state index contributed by atoms with van der Waals surface area (Å²) in [6, 6.07) is 13.9. The summed E-state index contributed by atoms with van der Waals surface area (Å²) in [5, 5.41) is 6.42. The monoisotopic (exact) mass is 370 g/mol.